The molecule has 6 nitrogen and oxygen atoms in total. The average Bonchev–Trinajstić information content (AvgIpc) is 2.71. The van der Waals surface area contributed by atoms with Gasteiger partial charge in [-0.1, -0.05) is 24.3 Å². The summed E-state index contributed by atoms with van der Waals surface area (Å²) < 4.78 is 10.7. The SMILES string of the molecule is COCCOCc1ccc2ccc(CN3CCC(N(C(=O)O)C(C)(C)C)CC3)cc2c1. The van der Waals surface area contributed by atoms with E-state index in [1.165, 1.54) is 16.3 Å². The van der Waals surface area contributed by atoms with Crippen LogP contribution < -0.4 is 0 Å². The summed E-state index contributed by atoms with van der Waals surface area (Å²) in [5.41, 5.74) is 2.08. The minimum Gasteiger partial charge on any atom is -0.465 e. The van der Waals surface area contributed by atoms with Crippen molar-refractivity contribution in [1.82, 2.24) is 9.80 Å². The van der Waals surface area contributed by atoms with Crippen LogP contribution in [-0.4, -0.2) is 66.0 Å². The fourth-order valence-electron chi connectivity index (χ4n) is 4.45. The van der Waals surface area contributed by atoms with Gasteiger partial charge in [-0.2, -0.15) is 0 Å². The first-order valence-electron chi connectivity index (χ1n) is 11.1. The Balaban J connectivity index is 1.60. The van der Waals surface area contributed by atoms with E-state index in [4.69, 9.17) is 9.47 Å². The van der Waals surface area contributed by atoms with E-state index < -0.39 is 6.09 Å². The number of ether oxygens (including phenoxy) is 2. The first-order chi connectivity index (χ1) is 14.8. The first-order valence-corrected chi connectivity index (χ1v) is 11.1. The number of hydrogen-bond acceptors (Lipinski definition) is 4. The molecule has 1 saturated heterocycles. The van der Waals surface area contributed by atoms with Gasteiger partial charge in [0.25, 0.3) is 0 Å². The van der Waals surface area contributed by atoms with Gasteiger partial charge in [-0.3, -0.25) is 4.90 Å². The molecule has 2 aromatic carbocycles. The molecule has 2 aromatic rings. The van der Waals surface area contributed by atoms with E-state index in [9.17, 15) is 9.90 Å². The molecule has 1 amide bonds. The Kier molecular flexibility index (Phi) is 7.92. The van der Waals surface area contributed by atoms with Crippen molar-refractivity contribution in [2.45, 2.75) is 58.3 Å². The zero-order chi connectivity index (χ0) is 22.4. The normalized spacial score (nSPS) is 16.0. The molecule has 1 N–H and O–H groups in total. The quantitative estimate of drug-likeness (QED) is 0.615. The van der Waals surface area contributed by atoms with E-state index in [0.717, 1.165) is 38.0 Å². The number of likely N-dealkylation sites (tertiary alicyclic amines) is 1. The highest BCUT2D eigenvalue weighted by atomic mass is 16.5. The van der Waals surface area contributed by atoms with Gasteiger partial charge in [0.05, 0.1) is 19.8 Å². The summed E-state index contributed by atoms with van der Waals surface area (Å²) in [6.45, 7) is 10.4. The first kappa shape index (κ1) is 23.5. The second-order valence-corrected chi connectivity index (χ2v) is 9.39. The number of hydrogen-bond donors (Lipinski definition) is 1. The van der Waals surface area contributed by atoms with Gasteiger partial charge in [0.2, 0.25) is 0 Å². The third-order valence-electron chi connectivity index (χ3n) is 5.93. The molecule has 31 heavy (non-hydrogen) atoms. The number of carbonyl (C=O) groups is 1. The maximum absolute atomic E-state index is 11.8. The monoisotopic (exact) mass is 428 g/mol. The smallest absolute Gasteiger partial charge is 0.407 e. The largest absolute Gasteiger partial charge is 0.465 e. The van der Waals surface area contributed by atoms with Gasteiger partial charge in [0.1, 0.15) is 0 Å². The molecule has 0 spiro atoms. The fourth-order valence-corrected chi connectivity index (χ4v) is 4.45. The highest BCUT2D eigenvalue weighted by molar-refractivity contribution is 5.83. The Hall–Kier alpha value is -2.15. The van der Waals surface area contributed by atoms with Crippen LogP contribution in [0.4, 0.5) is 4.79 Å². The standard InChI is InChI=1S/C25H36N2O4/c1-25(2,3)27(24(28)29)23-9-11-26(12-10-23)17-19-5-7-21-8-6-20(16-22(21)15-19)18-31-14-13-30-4/h5-8,15-16,23H,9-14,17-18H2,1-4H3,(H,28,29). The van der Waals surface area contributed by atoms with Crippen LogP contribution in [0.2, 0.25) is 0 Å². The molecule has 170 valence electrons. The van der Waals surface area contributed by atoms with Crippen LogP contribution in [0.15, 0.2) is 36.4 Å². The maximum Gasteiger partial charge on any atom is 0.407 e. The molecule has 0 bridgehead atoms. The van der Waals surface area contributed by atoms with Crippen molar-refractivity contribution >= 4 is 16.9 Å². The molecule has 1 aliphatic rings. The van der Waals surface area contributed by atoms with Crippen LogP contribution in [0.1, 0.15) is 44.7 Å². The minimum atomic E-state index is -0.817. The summed E-state index contributed by atoms with van der Waals surface area (Å²) in [6, 6.07) is 13.2. The Bertz CT molecular complexity index is 869. The van der Waals surface area contributed by atoms with Crippen molar-refractivity contribution in [3.8, 4) is 0 Å². The zero-order valence-corrected chi connectivity index (χ0v) is 19.3. The van der Waals surface area contributed by atoms with E-state index in [2.05, 4.69) is 41.3 Å². The van der Waals surface area contributed by atoms with Gasteiger partial charge in [-0.25, -0.2) is 4.79 Å². The van der Waals surface area contributed by atoms with Crippen molar-refractivity contribution in [3.05, 3.63) is 47.5 Å². The van der Waals surface area contributed by atoms with E-state index in [-0.39, 0.29) is 11.6 Å². The predicted octanol–water partition coefficient (Wildman–Crippen LogP) is 4.75. The number of methoxy groups -OCH3 is 1. The lowest BCUT2D eigenvalue weighted by molar-refractivity contribution is 0.0408. The predicted molar refractivity (Wildman–Crippen MR) is 123 cm³/mol. The molecule has 1 heterocycles. The van der Waals surface area contributed by atoms with Crippen LogP contribution in [0.5, 0.6) is 0 Å². The van der Waals surface area contributed by atoms with Crippen molar-refractivity contribution < 1.29 is 19.4 Å². The molecule has 0 aliphatic carbocycles. The van der Waals surface area contributed by atoms with Crippen LogP contribution in [-0.2, 0) is 22.6 Å². The molecule has 1 fully saturated rings. The van der Waals surface area contributed by atoms with Crippen LogP contribution in [0.25, 0.3) is 10.8 Å². The third kappa shape index (κ3) is 6.42. The highest BCUT2D eigenvalue weighted by Crippen LogP contribution is 2.26. The van der Waals surface area contributed by atoms with Crippen molar-refractivity contribution in [3.63, 3.8) is 0 Å². The van der Waals surface area contributed by atoms with Gasteiger partial charge in [0, 0.05) is 38.3 Å². The average molecular weight is 429 g/mol. The number of fused-ring (bicyclic) bond motifs is 1. The molecule has 6 heteroatoms. The Labute approximate surface area is 185 Å². The Morgan fingerprint density at radius 3 is 2.32 bits per heavy atom. The second kappa shape index (κ2) is 10.4. The van der Waals surface area contributed by atoms with Crippen molar-refractivity contribution in [2.24, 2.45) is 0 Å². The topological polar surface area (TPSA) is 62.2 Å². The molecular weight excluding hydrogens is 392 g/mol. The van der Waals surface area contributed by atoms with Crippen LogP contribution in [0, 0.1) is 0 Å². The van der Waals surface area contributed by atoms with Gasteiger partial charge in [0.15, 0.2) is 0 Å². The summed E-state index contributed by atoms with van der Waals surface area (Å²) in [5, 5.41) is 12.1. The van der Waals surface area contributed by atoms with E-state index in [1.807, 2.05) is 20.8 Å². The van der Waals surface area contributed by atoms with E-state index >= 15 is 0 Å². The van der Waals surface area contributed by atoms with Crippen molar-refractivity contribution in [2.75, 3.05) is 33.4 Å². The number of benzene rings is 2. The number of piperidine rings is 1. The molecule has 0 unspecified atom stereocenters. The third-order valence-corrected chi connectivity index (χ3v) is 5.93. The number of carboxylic acid groups (broad SMARTS) is 1. The zero-order valence-electron chi connectivity index (χ0n) is 19.3. The van der Waals surface area contributed by atoms with Gasteiger partial charge in [-0.15, -0.1) is 0 Å². The van der Waals surface area contributed by atoms with E-state index in [0.29, 0.717) is 19.8 Å². The lowest BCUT2D eigenvalue weighted by Gasteiger charge is -2.43. The van der Waals surface area contributed by atoms with Crippen molar-refractivity contribution in [1.29, 1.82) is 0 Å². The molecule has 0 atom stereocenters. The summed E-state index contributed by atoms with van der Waals surface area (Å²) in [4.78, 5) is 15.8. The number of rotatable bonds is 8. The molecular formula is C25H36N2O4. The summed E-state index contributed by atoms with van der Waals surface area (Å²) in [6.07, 6.45) is 0.933. The second-order valence-electron chi connectivity index (χ2n) is 9.39. The Morgan fingerprint density at radius 2 is 1.71 bits per heavy atom. The Morgan fingerprint density at radius 1 is 1.06 bits per heavy atom. The molecule has 1 aliphatic heterocycles. The fraction of sp³-hybridized carbons (Fsp3) is 0.560. The van der Waals surface area contributed by atoms with E-state index in [1.54, 1.807) is 12.0 Å². The molecule has 0 aromatic heterocycles. The summed E-state index contributed by atoms with van der Waals surface area (Å²) in [5.74, 6) is 0. The van der Waals surface area contributed by atoms with Crippen LogP contribution in [0.3, 0.4) is 0 Å². The summed E-state index contributed by atoms with van der Waals surface area (Å²) >= 11 is 0. The van der Waals surface area contributed by atoms with Gasteiger partial charge in [-0.05, 0) is 67.6 Å². The lowest BCUT2D eigenvalue weighted by Crippen LogP contribution is -2.54. The number of nitrogens with zero attached hydrogens (tertiary/aromatic N) is 2. The molecule has 3 rings (SSSR count). The molecule has 0 radical (unpaired) electrons. The highest BCUT2D eigenvalue weighted by Gasteiger charge is 2.35. The maximum atomic E-state index is 11.8. The van der Waals surface area contributed by atoms with Gasteiger partial charge < -0.3 is 19.5 Å². The molecule has 0 saturated carbocycles. The number of amides is 1. The minimum absolute atomic E-state index is 0.0889. The van der Waals surface area contributed by atoms with Gasteiger partial charge >= 0.3 is 6.09 Å². The lowest BCUT2D eigenvalue weighted by atomic mass is 9.96. The summed E-state index contributed by atoms with van der Waals surface area (Å²) in [7, 11) is 1.68. The van der Waals surface area contributed by atoms with Crippen LogP contribution >= 0.6 is 0 Å².